The van der Waals surface area contributed by atoms with E-state index >= 15 is 0 Å². The highest BCUT2D eigenvalue weighted by atomic mass is 16.5. The number of rotatable bonds is 6. The van der Waals surface area contributed by atoms with Crippen molar-refractivity contribution in [3.63, 3.8) is 0 Å². The van der Waals surface area contributed by atoms with Crippen molar-refractivity contribution in [1.29, 1.82) is 0 Å². The molecule has 1 heterocycles. The molecule has 0 N–H and O–H groups in total. The minimum absolute atomic E-state index is 0.173. The van der Waals surface area contributed by atoms with Crippen LogP contribution in [-0.4, -0.2) is 51.3 Å². The molecule has 0 aliphatic carbocycles. The van der Waals surface area contributed by atoms with Crippen LogP contribution in [0.2, 0.25) is 0 Å². The van der Waals surface area contributed by atoms with Gasteiger partial charge in [0, 0.05) is 19.7 Å². The van der Waals surface area contributed by atoms with Crippen LogP contribution in [0.25, 0.3) is 0 Å². The molecule has 1 aromatic rings. The van der Waals surface area contributed by atoms with Gasteiger partial charge in [0.05, 0.1) is 19.6 Å². The summed E-state index contributed by atoms with van der Waals surface area (Å²) in [4.78, 5) is 14.3. The molecule has 1 fully saturated rings. The summed E-state index contributed by atoms with van der Waals surface area (Å²) in [5, 5.41) is 0. The maximum absolute atomic E-state index is 12.1. The number of carbonyl (C=O) groups excluding carboxylic acids is 1. The quantitative estimate of drug-likeness (QED) is 0.754. The van der Waals surface area contributed by atoms with Gasteiger partial charge in [-0.3, -0.25) is 4.79 Å². The summed E-state index contributed by atoms with van der Waals surface area (Å²) >= 11 is 0. The number of esters is 1. The van der Waals surface area contributed by atoms with Crippen LogP contribution in [0, 0.1) is 5.92 Å². The van der Waals surface area contributed by atoms with Gasteiger partial charge in [-0.25, -0.2) is 0 Å². The number of hydrogen-bond acceptors (Lipinski definition) is 4. The fourth-order valence-corrected chi connectivity index (χ4v) is 2.92. The largest absolute Gasteiger partial charge is 0.469 e. The first-order valence-electron chi connectivity index (χ1n) is 7.59. The second-order valence-electron chi connectivity index (χ2n) is 5.79. The summed E-state index contributed by atoms with van der Waals surface area (Å²) in [6, 6.07) is 9.85. The van der Waals surface area contributed by atoms with Crippen molar-refractivity contribution in [1.82, 2.24) is 4.90 Å². The number of methoxy groups -OCH3 is 1. The number of ether oxygens (including phenoxy) is 2. The molecule has 1 aliphatic rings. The minimum Gasteiger partial charge on any atom is -0.469 e. The lowest BCUT2D eigenvalue weighted by Crippen LogP contribution is -2.35. The van der Waals surface area contributed by atoms with Gasteiger partial charge in [0.25, 0.3) is 0 Å². The summed E-state index contributed by atoms with van der Waals surface area (Å²) in [6.07, 6.45) is 2.34. The SMILES string of the molecule is COC(=O)C(CN(C)CC1CCCOC1)c1ccccc1. The van der Waals surface area contributed by atoms with Crippen molar-refractivity contribution in [3.8, 4) is 0 Å². The van der Waals surface area contributed by atoms with Crippen molar-refractivity contribution in [2.24, 2.45) is 5.92 Å². The molecule has 21 heavy (non-hydrogen) atoms. The van der Waals surface area contributed by atoms with E-state index in [0.29, 0.717) is 12.5 Å². The number of likely N-dealkylation sites (N-methyl/N-ethyl adjacent to an activating group) is 1. The number of hydrogen-bond donors (Lipinski definition) is 0. The van der Waals surface area contributed by atoms with Crippen LogP contribution < -0.4 is 0 Å². The average molecular weight is 291 g/mol. The maximum atomic E-state index is 12.1. The first-order valence-corrected chi connectivity index (χ1v) is 7.59. The Morgan fingerprint density at radius 1 is 1.43 bits per heavy atom. The Bertz CT molecular complexity index is 429. The average Bonchev–Trinajstić information content (AvgIpc) is 2.53. The van der Waals surface area contributed by atoms with Gasteiger partial charge in [-0.1, -0.05) is 30.3 Å². The molecule has 0 bridgehead atoms. The third-order valence-electron chi connectivity index (χ3n) is 4.01. The summed E-state index contributed by atoms with van der Waals surface area (Å²) in [5.41, 5.74) is 1.01. The van der Waals surface area contributed by atoms with Crippen LogP contribution in [0.15, 0.2) is 30.3 Å². The van der Waals surface area contributed by atoms with Crippen LogP contribution >= 0.6 is 0 Å². The second kappa shape index (κ2) is 8.15. The van der Waals surface area contributed by atoms with Gasteiger partial charge in [0.1, 0.15) is 0 Å². The van der Waals surface area contributed by atoms with Crippen LogP contribution in [0.5, 0.6) is 0 Å². The van der Waals surface area contributed by atoms with E-state index in [1.54, 1.807) is 0 Å². The normalized spacial score (nSPS) is 20.2. The van der Waals surface area contributed by atoms with Gasteiger partial charge in [0.15, 0.2) is 0 Å². The van der Waals surface area contributed by atoms with E-state index in [9.17, 15) is 4.79 Å². The smallest absolute Gasteiger partial charge is 0.314 e. The van der Waals surface area contributed by atoms with Crippen molar-refractivity contribution >= 4 is 5.97 Å². The fraction of sp³-hybridized carbons (Fsp3) is 0.588. The zero-order valence-corrected chi connectivity index (χ0v) is 13.0. The highest BCUT2D eigenvalue weighted by Gasteiger charge is 2.24. The van der Waals surface area contributed by atoms with E-state index in [4.69, 9.17) is 9.47 Å². The molecule has 0 spiro atoms. The van der Waals surface area contributed by atoms with E-state index in [2.05, 4.69) is 11.9 Å². The Hall–Kier alpha value is -1.39. The zero-order chi connectivity index (χ0) is 15.1. The number of nitrogens with zero attached hydrogens (tertiary/aromatic N) is 1. The van der Waals surface area contributed by atoms with Crippen molar-refractivity contribution in [3.05, 3.63) is 35.9 Å². The van der Waals surface area contributed by atoms with Gasteiger partial charge in [-0.2, -0.15) is 0 Å². The second-order valence-corrected chi connectivity index (χ2v) is 5.79. The lowest BCUT2D eigenvalue weighted by Gasteiger charge is -2.29. The van der Waals surface area contributed by atoms with E-state index in [-0.39, 0.29) is 11.9 Å². The maximum Gasteiger partial charge on any atom is 0.314 e. The Kier molecular flexibility index (Phi) is 6.21. The zero-order valence-electron chi connectivity index (χ0n) is 13.0. The minimum atomic E-state index is -0.231. The van der Waals surface area contributed by atoms with Crippen molar-refractivity contribution in [2.45, 2.75) is 18.8 Å². The monoisotopic (exact) mass is 291 g/mol. The van der Waals surface area contributed by atoms with Gasteiger partial charge in [-0.05, 0) is 31.4 Å². The van der Waals surface area contributed by atoms with Crippen LogP contribution in [0.3, 0.4) is 0 Å². The Morgan fingerprint density at radius 3 is 2.81 bits per heavy atom. The number of carbonyl (C=O) groups is 1. The van der Waals surface area contributed by atoms with Crippen molar-refractivity contribution in [2.75, 3.05) is 40.5 Å². The summed E-state index contributed by atoms with van der Waals surface area (Å²) < 4.78 is 10.5. The predicted octanol–water partition coefficient (Wildman–Crippen LogP) is 2.30. The molecule has 0 aromatic heterocycles. The lowest BCUT2D eigenvalue weighted by atomic mass is 9.97. The molecule has 2 atom stereocenters. The Balaban J connectivity index is 1.96. The predicted molar refractivity (Wildman–Crippen MR) is 82.2 cm³/mol. The number of benzene rings is 1. The molecule has 4 nitrogen and oxygen atoms in total. The Labute approximate surface area is 127 Å². The van der Waals surface area contributed by atoms with E-state index < -0.39 is 0 Å². The molecule has 0 saturated carbocycles. The molecule has 1 aromatic carbocycles. The molecule has 1 saturated heterocycles. The van der Waals surface area contributed by atoms with E-state index in [1.165, 1.54) is 13.5 Å². The molecule has 1 aliphatic heterocycles. The highest BCUT2D eigenvalue weighted by Crippen LogP contribution is 2.20. The first-order chi connectivity index (χ1) is 10.2. The topological polar surface area (TPSA) is 38.8 Å². The lowest BCUT2D eigenvalue weighted by molar-refractivity contribution is -0.142. The molecule has 0 amide bonds. The molecule has 116 valence electrons. The summed E-state index contributed by atoms with van der Waals surface area (Å²) in [7, 11) is 3.51. The first kappa shape index (κ1) is 16.0. The molecule has 2 rings (SSSR count). The summed E-state index contributed by atoms with van der Waals surface area (Å²) in [5.74, 6) is 0.163. The van der Waals surface area contributed by atoms with Crippen LogP contribution in [0.4, 0.5) is 0 Å². The standard InChI is InChI=1S/C17H25NO3/c1-18(11-14-7-6-10-21-13-14)12-16(17(19)20-2)15-8-4-3-5-9-15/h3-5,8-9,14,16H,6-7,10-13H2,1-2H3. The molecular formula is C17H25NO3. The van der Waals surface area contributed by atoms with Gasteiger partial charge in [0.2, 0.25) is 0 Å². The Morgan fingerprint density at radius 2 is 2.19 bits per heavy atom. The molecule has 0 radical (unpaired) electrons. The van der Waals surface area contributed by atoms with Crippen molar-refractivity contribution < 1.29 is 14.3 Å². The third kappa shape index (κ3) is 4.83. The van der Waals surface area contributed by atoms with Gasteiger partial charge in [-0.15, -0.1) is 0 Å². The van der Waals surface area contributed by atoms with Crippen LogP contribution in [0.1, 0.15) is 24.3 Å². The third-order valence-corrected chi connectivity index (χ3v) is 4.01. The van der Waals surface area contributed by atoms with E-state index in [0.717, 1.165) is 31.7 Å². The van der Waals surface area contributed by atoms with Gasteiger partial charge < -0.3 is 14.4 Å². The fourth-order valence-electron chi connectivity index (χ4n) is 2.92. The van der Waals surface area contributed by atoms with Crippen LogP contribution in [-0.2, 0) is 14.3 Å². The highest BCUT2D eigenvalue weighted by molar-refractivity contribution is 5.78. The van der Waals surface area contributed by atoms with E-state index in [1.807, 2.05) is 30.3 Å². The van der Waals surface area contributed by atoms with Gasteiger partial charge >= 0.3 is 5.97 Å². The molecule has 4 heteroatoms. The molecule has 2 unspecified atom stereocenters. The molecular weight excluding hydrogens is 266 g/mol. The summed E-state index contributed by atoms with van der Waals surface area (Å²) in [6.45, 7) is 3.35.